The van der Waals surface area contributed by atoms with Gasteiger partial charge in [-0.15, -0.1) is 16.9 Å². The molecular weight excluding hydrogens is 260 g/mol. The molecule has 5 nitrogen and oxygen atoms in total. The Hall–Kier alpha value is -1.82. The van der Waals surface area contributed by atoms with Crippen molar-refractivity contribution in [2.45, 2.75) is 19.6 Å². The summed E-state index contributed by atoms with van der Waals surface area (Å²) in [4.78, 5) is 15.7. The summed E-state index contributed by atoms with van der Waals surface area (Å²) in [5, 5.41) is 9.18. The highest BCUT2D eigenvalue weighted by Crippen LogP contribution is 2.13. The Morgan fingerprint density at radius 1 is 1.32 bits per heavy atom. The van der Waals surface area contributed by atoms with E-state index in [4.69, 9.17) is 0 Å². The van der Waals surface area contributed by atoms with Crippen LogP contribution in [-0.2, 0) is 10.5 Å². The van der Waals surface area contributed by atoms with Crippen LogP contribution in [0.4, 0.5) is 5.95 Å². The maximum absolute atomic E-state index is 11.6. The smallest absolute Gasteiger partial charge is 0.248 e. The van der Waals surface area contributed by atoms with Gasteiger partial charge in [0.1, 0.15) is 5.82 Å². The Balaban J connectivity index is 1.73. The summed E-state index contributed by atoms with van der Waals surface area (Å²) in [7, 11) is 0. The number of carbonyl (C=O) groups excluding carboxylic acids is 1. The second kappa shape index (κ2) is 6.38. The van der Waals surface area contributed by atoms with Gasteiger partial charge in [-0.1, -0.05) is 29.8 Å². The Morgan fingerprint density at radius 2 is 2.05 bits per heavy atom. The number of nitrogens with zero attached hydrogens (tertiary/aromatic N) is 2. The topological polar surface area (TPSA) is 70.7 Å². The standard InChI is InChI=1S/C13H16N4OS/c1-9-3-5-11(6-4-9)7-19-8-12(18)15-13-14-10(2)16-17-13/h3-6H,7-8H2,1-2H3,(H2,14,15,16,17,18). The number of carbonyl (C=O) groups is 1. The Bertz CT molecular complexity index is 550. The van der Waals surface area contributed by atoms with E-state index < -0.39 is 0 Å². The maximum atomic E-state index is 11.6. The largest absolute Gasteiger partial charge is 0.293 e. The van der Waals surface area contributed by atoms with Crippen molar-refractivity contribution >= 4 is 23.6 Å². The van der Waals surface area contributed by atoms with E-state index >= 15 is 0 Å². The lowest BCUT2D eigenvalue weighted by molar-refractivity contribution is -0.113. The van der Waals surface area contributed by atoms with Crippen LogP contribution in [0.3, 0.4) is 0 Å². The second-order valence-electron chi connectivity index (χ2n) is 4.27. The average molecular weight is 276 g/mol. The highest BCUT2D eigenvalue weighted by molar-refractivity contribution is 7.99. The number of amides is 1. The predicted molar refractivity (Wildman–Crippen MR) is 77.1 cm³/mol. The van der Waals surface area contributed by atoms with E-state index in [2.05, 4.69) is 51.7 Å². The second-order valence-corrected chi connectivity index (χ2v) is 5.26. The molecule has 1 aromatic heterocycles. The Labute approximate surface area is 116 Å². The molecule has 19 heavy (non-hydrogen) atoms. The van der Waals surface area contributed by atoms with E-state index in [0.717, 1.165) is 5.75 Å². The van der Waals surface area contributed by atoms with E-state index in [1.807, 2.05) is 0 Å². The van der Waals surface area contributed by atoms with Crippen LogP contribution >= 0.6 is 11.8 Å². The fourth-order valence-corrected chi connectivity index (χ4v) is 2.29. The molecule has 0 bridgehead atoms. The van der Waals surface area contributed by atoms with Crippen LogP contribution in [0.5, 0.6) is 0 Å². The van der Waals surface area contributed by atoms with E-state index in [1.54, 1.807) is 18.7 Å². The van der Waals surface area contributed by atoms with Crippen LogP contribution in [0, 0.1) is 13.8 Å². The zero-order chi connectivity index (χ0) is 13.7. The summed E-state index contributed by atoms with van der Waals surface area (Å²) in [5.74, 6) is 2.14. The lowest BCUT2D eigenvalue weighted by Gasteiger charge is -2.02. The quantitative estimate of drug-likeness (QED) is 0.879. The monoisotopic (exact) mass is 276 g/mol. The molecule has 1 heterocycles. The lowest BCUT2D eigenvalue weighted by atomic mass is 10.2. The first-order valence-corrected chi connectivity index (χ1v) is 7.11. The molecule has 0 atom stereocenters. The number of aromatic nitrogens is 3. The molecule has 0 aliphatic carbocycles. The number of anilines is 1. The summed E-state index contributed by atoms with van der Waals surface area (Å²) < 4.78 is 0. The molecule has 6 heteroatoms. The average Bonchev–Trinajstić information content (AvgIpc) is 2.77. The van der Waals surface area contributed by atoms with Crippen molar-refractivity contribution in [3.8, 4) is 0 Å². The fourth-order valence-electron chi connectivity index (χ4n) is 1.51. The molecule has 0 aliphatic heterocycles. The number of nitrogens with one attached hydrogen (secondary N) is 2. The molecule has 1 aromatic carbocycles. The third-order valence-electron chi connectivity index (χ3n) is 2.47. The van der Waals surface area contributed by atoms with Gasteiger partial charge in [0.25, 0.3) is 0 Å². The first-order chi connectivity index (χ1) is 9.13. The summed E-state index contributed by atoms with van der Waals surface area (Å²) in [6, 6.07) is 8.32. The number of H-pyrrole nitrogens is 1. The van der Waals surface area contributed by atoms with Crippen molar-refractivity contribution < 1.29 is 4.79 Å². The van der Waals surface area contributed by atoms with Gasteiger partial charge in [-0.25, -0.2) is 0 Å². The molecular formula is C13H16N4OS. The molecule has 0 spiro atoms. The van der Waals surface area contributed by atoms with Gasteiger partial charge < -0.3 is 0 Å². The molecule has 0 unspecified atom stereocenters. The van der Waals surface area contributed by atoms with E-state index in [1.165, 1.54) is 11.1 Å². The number of benzene rings is 1. The summed E-state index contributed by atoms with van der Waals surface area (Å²) >= 11 is 1.57. The summed E-state index contributed by atoms with van der Waals surface area (Å²) in [6.45, 7) is 3.85. The van der Waals surface area contributed by atoms with Crippen LogP contribution < -0.4 is 5.32 Å². The number of thioether (sulfide) groups is 1. The Kier molecular flexibility index (Phi) is 4.57. The molecule has 0 fully saturated rings. The van der Waals surface area contributed by atoms with E-state index in [0.29, 0.717) is 17.5 Å². The summed E-state index contributed by atoms with van der Waals surface area (Å²) in [5.41, 5.74) is 2.46. The van der Waals surface area contributed by atoms with Crippen molar-refractivity contribution in [2.24, 2.45) is 0 Å². The van der Waals surface area contributed by atoms with Crippen molar-refractivity contribution in [1.82, 2.24) is 15.2 Å². The molecule has 0 saturated carbocycles. The minimum atomic E-state index is -0.0869. The third-order valence-corrected chi connectivity index (χ3v) is 3.47. The zero-order valence-corrected chi connectivity index (χ0v) is 11.8. The van der Waals surface area contributed by atoms with Crippen LogP contribution in [0.1, 0.15) is 17.0 Å². The van der Waals surface area contributed by atoms with E-state index in [-0.39, 0.29) is 5.91 Å². The molecule has 0 aliphatic rings. The minimum absolute atomic E-state index is 0.0869. The molecule has 0 saturated heterocycles. The van der Waals surface area contributed by atoms with Gasteiger partial charge >= 0.3 is 0 Å². The van der Waals surface area contributed by atoms with Crippen molar-refractivity contribution in [3.05, 3.63) is 41.2 Å². The highest BCUT2D eigenvalue weighted by Gasteiger charge is 2.06. The number of hydrogen-bond acceptors (Lipinski definition) is 4. The maximum Gasteiger partial charge on any atom is 0.248 e. The molecule has 1 amide bonds. The molecule has 2 aromatic rings. The van der Waals surface area contributed by atoms with Crippen LogP contribution in [0.2, 0.25) is 0 Å². The number of rotatable bonds is 5. The predicted octanol–water partition coefficient (Wildman–Crippen LogP) is 2.29. The van der Waals surface area contributed by atoms with Crippen molar-refractivity contribution in [3.63, 3.8) is 0 Å². The first kappa shape index (κ1) is 13.6. The molecule has 2 rings (SSSR count). The molecule has 0 radical (unpaired) electrons. The molecule has 100 valence electrons. The minimum Gasteiger partial charge on any atom is -0.293 e. The lowest BCUT2D eigenvalue weighted by Crippen LogP contribution is -2.15. The van der Waals surface area contributed by atoms with Crippen molar-refractivity contribution in [1.29, 1.82) is 0 Å². The molecule has 2 N–H and O–H groups in total. The SMILES string of the molecule is Cc1ccc(CSCC(=O)Nc2n[nH]c(C)n2)cc1. The first-order valence-electron chi connectivity index (χ1n) is 5.95. The third kappa shape index (κ3) is 4.40. The number of hydrogen-bond donors (Lipinski definition) is 2. The van der Waals surface area contributed by atoms with Gasteiger partial charge in [0.2, 0.25) is 11.9 Å². The number of aromatic amines is 1. The highest BCUT2D eigenvalue weighted by atomic mass is 32.2. The zero-order valence-electron chi connectivity index (χ0n) is 10.9. The van der Waals surface area contributed by atoms with Gasteiger partial charge in [0.05, 0.1) is 5.75 Å². The van der Waals surface area contributed by atoms with Crippen LogP contribution in [0.25, 0.3) is 0 Å². The number of aryl methyl sites for hydroxylation is 2. The van der Waals surface area contributed by atoms with Gasteiger partial charge in [-0.05, 0) is 19.4 Å². The van der Waals surface area contributed by atoms with Gasteiger partial charge in [-0.2, -0.15) is 4.98 Å². The van der Waals surface area contributed by atoms with Crippen LogP contribution in [-0.4, -0.2) is 26.8 Å². The normalized spacial score (nSPS) is 10.4. The Morgan fingerprint density at radius 3 is 2.68 bits per heavy atom. The fraction of sp³-hybridized carbons (Fsp3) is 0.308. The van der Waals surface area contributed by atoms with Crippen LogP contribution in [0.15, 0.2) is 24.3 Å². The van der Waals surface area contributed by atoms with Crippen molar-refractivity contribution in [2.75, 3.05) is 11.1 Å². The van der Waals surface area contributed by atoms with Gasteiger partial charge in [0.15, 0.2) is 0 Å². The van der Waals surface area contributed by atoms with Gasteiger partial charge in [-0.3, -0.25) is 15.2 Å². The van der Waals surface area contributed by atoms with E-state index in [9.17, 15) is 4.79 Å². The summed E-state index contributed by atoms with van der Waals surface area (Å²) in [6.07, 6.45) is 0. The van der Waals surface area contributed by atoms with Gasteiger partial charge in [0, 0.05) is 5.75 Å².